The standard InChI is InChI=1S/C11H9ClO2/c1-14-11(13)6-5-9-3-2-4-10(7-9)8-12/h2-4,7H,8H2,1H3. The Bertz CT molecular complexity index is 388. The molecular formula is C11H9ClO2. The van der Waals surface area contributed by atoms with Gasteiger partial charge in [-0.2, -0.15) is 0 Å². The number of carbonyl (C=O) groups is 1. The molecule has 0 spiro atoms. The van der Waals surface area contributed by atoms with Gasteiger partial charge in [0.15, 0.2) is 0 Å². The van der Waals surface area contributed by atoms with Crippen LogP contribution in [-0.4, -0.2) is 13.1 Å². The molecule has 3 heteroatoms. The molecule has 0 heterocycles. The van der Waals surface area contributed by atoms with Gasteiger partial charge in [0.2, 0.25) is 0 Å². The van der Waals surface area contributed by atoms with Crippen LogP contribution in [0.3, 0.4) is 0 Å². The van der Waals surface area contributed by atoms with Crippen LogP contribution in [0.2, 0.25) is 0 Å². The summed E-state index contributed by atoms with van der Waals surface area (Å²) in [6.07, 6.45) is 0. The van der Waals surface area contributed by atoms with Crippen LogP contribution in [0.25, 0.3) is 0 Å². The molecule has 0 radical (unpaired) electrons. The summed E-state index contributed by atoms with van der Waals surface area (Å²) in [5.74, 6) is 4.93. The Morgan fingerprint density at radius 2 is 2.36 bits per heavy atom. The Labute approximate surface area is 87.8 Å². The zero-order valence-corrected chi connectivity index (χ0v) is 8.47. The largest absolute Gasteiger partial charge is 0.459 e. The van der Waals surface area contributed by atoms with Crippen molar-refractivity contribution in [2.45, 2.75) is 5.88 Å². The van der Waals surface area contributed by atoms with Gasteiger partial charge in [0.05, 0.1) is 7.11 Å². The summed E-state index contributed by atoms with van der Waals surface area (Å²) in [5.41, 5.74) is 1.73. The number of esters is 1. The normalized spacial score (nSPS) is 8.71. The lowest BCUT2D eigenvalue weighted by Crippen LogP contribution is -1.94. The molecule has 14 heavy (non-hydrogen) atoms. The SMILES string of the molecule is COC(=O)C#Cc1cccc(CCl)c1. The monoisotopic (exact) mass is 208 g/mol. The third-order valence-corrected chi connectivity index (χ3v) is 1.88. The van der Waals surface area contributed by atoms with Crippen molar-refractivity contribution >= 4 is 17.6 Å². The van der Waals surface area contributed by atoms with Gasteiger partial charge in [-0.1, -0.05) is 18.1 Å². The Kier molecular flexibility index (Phi) is 4.03. The van der Waals surface area contributed by atoms with Crippen molar-refractivity contribution in [2.75, 3.05) is 7.11 Å². The van der Waals surface area contributed by atoms with E-state index in [9.17, 15) is 4.79 Å². The molecule has 1 aromatic rings. The minimum atomic E-state index is -0.540. The van der Waals surface area contributed by atoms with Crippen molar-refractivity contribution in [2.24, 2.45) is 0 Å². The van der Waals surface area contributed by atoms with E-state index in [0.717, 1.165) is 11.1 Å². The van der Waals surface area contributed by atoms with E-state index in [1.807, 2.05) is 24.3 Å². The predicted molar refractivity (Wildman–Crippen MR) is 54.9 cm³/mol. The second-order valence-corrected chi connectivity index (χ2v) is 2.84. The first-order valence-electron chi connectivity index (χ1n) is 4.01. The number of hydrogen-bond acceptors (Lipinski definition) is 2. The van der Waals surface area contributed by atoms with E-state index < -0.39 is 5.97 Å². The van der Waals surface area contributed by atoms with Gasteiger partial charge in [0.25, 0.3) is 0 Å². The maximum atomic E-state index is 10.7. The zero-order valence-electron chi connectivity index (χ0n) is 7.71. The van der Waals surface area contributed by atoms with E-state index in [0.29, 0.717) is 5.88 Å². The van der Waals surface area contributed by atoms with Gasteiger partial charge in [-0.15, -0.1) is 11.6 Å². The topological polar surface area (TPSA) is 26.3 Å². The molecule has 2 nitrogen and oxygen atoms in total. The number of hydrogen-bond donors (Lipinski definition) is 0. The van der Waals surface area contributed by atoms with E-state index in [1.54, 1.807) is 0 Å². The van der Waals surface area contributed by atoms with E-state index in [4.69, 9.17) is 11.6 Å². The van der Waals surface area contributed by atoms with Crippen LogP contribution in [0, 0.1) is 11.8 Å². The highest BCUT2D eigenvalue weighted by Crippen LogP contribution is 2.06. The van der Waals surface area contributed by atoms with E-state index in [1.165, 1.54) is 7.11 Å². The minimum absolute atomic E-state index is 0.438. The van der Waals surface area contributed by atoms with Crippen molar-refractivity contribution in [3.63, 3.8) is 0 Å². The molecule has 0 amide bonds. The van der Waals surface area contributed by atoms with Gasteiger partial charge >= 0.3 is 5.97 Å². The molecular weight excluding hydrogens is 200 g/mol. The van der Waals surface area contributed by atoms with Crippen LogP contribution in [0.4, 0.5) is 0 Å². The fourth-order valence-electron chi connectivity index (χ4n) is 0.906. The van der Waals surface area contributed by atoms with Gasteiger partial charge < -0.3 is 4.74 Å². The molecule has 0 aromatic heterocycles. The van der Waals surface area contributed by atoms with Crippen LogP contribution in [0.5, 0.6) is 0 Å². The number of benzene rings is 1. The summed E-state index contributed by atoms with van der Waals surface area (Å²) in [4.78, 5) is 10.7. The lowest BCUT2D eigenvalue weighted by molar-refractivity contribution is -0.133. The Morgan fingerprint density at radius 1 is 1.57 bits per heavy atom. The second-order valence-electron chi connectivity index (χ2n) is 2.58. The molecule has 0 aliphatic rings. The summed E-state index contributed by atoms with van der Waals surface area (Å²) >= 11 is 5.65. The van der Waals surface area contributed by atoms with E-state index in [-0.39, 0.29) is 0 Å². The van der Waals surface area contributed by atoms with Crippen LogP contribution in [-0.2, 0) is 15.4 Å². The highest BCUT2D eigenvalue weighted by Gasteiger charge is 1.93. The Morgan fingerprint density at radius 3 is 3.00 bits per heavy atom. The molecule has 0 aliphatic carbocycles. The van der Waals surface area contributed by atoms with Gasteiger partial charge in [0.1, 0.15) is 0 Å². The summed E-state index contributed by atoms with van der Waals surface area (Å²) in [5, 5.41) is 0. The quantitative estimate of drug-likeness (QED) is 0.401. The second kappa shape index (κ2) is 5.31. The third kappa shape index (κ3) is 3.12. The molecule has 1 rings (SSSR count). The fourth-order valence-corrected chi connectivity index (χ4v) is 1.07. The predicted octanol–water partition coefficient (Wildman–Crippen LogP) is 1.95. The van der Waals surface area contributed by atoms with Crippen LogP contribution in [0.15, 0.2) is 24.3 Å². The number of rotatable bonds is 1. The Balaban J connectivity index is 2.84. The van der Waals surface area contributed by atoms with Crippen LogP contribution >= 0.6 is 11.6 Å². The average molecular weight is 209 g/mol. The molecule has 0 unspecified atom stereocenters. The van der Waals surface area contributed by atoms with Crippen molar-refractivity contribution in [1.82, 2.24) is 0 Å². The lowest BCUT2D eigenvalue weighted by atomic mass is 10.1. The Hall–Kier alpha value is -1.46. The molecule has 0 atom stereocenters. The first kappa shape index (κ1) is 10.6. The van der Waals surface area contributed by atoms with Gasteiger partial charge in [-0.3, -0.25) is 0 Å². The number of carbonyl (C=O) groups excluding carboxylic acids is 1. The minimum Gasteiger partial charge on any atom is -0.459 e. The maximum Gasteiger partial charge on any atom is 0.384 e. The number of alkyl halides is 1. The van der Waals surface area contributed by atoms with Crippen molar-refractivity contribution < 1.29 is 9.53 Å². The fraction of sp³-hybridized carbons (Fsp3) is 0.182. The molecule has 72 valence electrons. The van der Waals surface area contributed by atoms with Crippen molar-refractivity contribution in [1.29, 1.82) is 0 Å². The molecule has 0 fully saturated rings. The smallest absolute Gasteiger partial charge is 0.384 e. The summed E-state index contributed by atoms with van der Waals surface area (Å²) in [6.45, 7) is 0. The molecule has 0 saturated heterocycles. The highest BCUT2D eigenvalue weighted by atomic mass is 35.5. The first-order valence-corrected chi connectivity index (χ1v) is 4.54. The summed E-state index contributed by atoms with van der Waals surface area (Å²) in [7, 11) is 1.30. The van der Waals surface area contributed by atoms with Gasteiger partial charge in [-0.25, -0.2) is 4.79 Å². The van der Waals surface area contributed by atoms with Gasteiger partial charge in [0, 0.05) is 17.4 Å². The summed E-state index contributed by atoms with van der Waals surface area (Å²) < 4.78 is 4.39. The van der Waals surface area contributed by atoms with Crippen molar-refractivity contribution in [3.8, 4) is 11.8 Å². The number of halogens is 1. The van der Waals surface area contributed by atoms with Crippen molar-refractivity contribution in [3.05, 3.63) is 35.4 Å². The van der Waals surface area contributed by atoms with Crippen LogP contribution in [0.1, 0.15) is 11.1 Å². The number of ether oxygens (including phenoxy) is 1. The highest BCUT2D eigenvalue weighted by molar-refractivity contribution is 6.17. The maximum absolute atomic E-state index is 10.7. The average Bonchev–Trinajstić information content (AvgIpc) is 2.26. The molecule has 1 aromatic carbocycles. The number of methoxy groups -OCH3 is 1. The molecule has 0 bridgehead atoms. The molecule has 0 aliphatic heterocycles. The molecule has 0 saturated carbocycles. The first-order chi connectivity index (χ1) is 6.76. The van der Waals surface area contributed by atoms with E-state index in [2.05, 4.69) is 16.6 Å². The van der Waals surface area contributed by atoms with Crippen LogP contribution < -0.4 is 0 Å². The molecule has 0 N–H and O–H groups in total. The lowest BCUT2D eigenvalue weighted by Gasteiger charge is -1.94. The third-order valence-electron chi connectivity index (χ3n) is 1.58. The summed E-state index contributed by atoms with van der Waals surface area (Å²) in [6, 6.07) is 7.39. The van der Waals surface area contributed by atoms with E-state index >= 15 is 0 Å². The van der Waals surface area contributed by atoms with Gasteiger partial charge in [-0.05, 0) is 17.7 Å². The zero-order chi connectivity index (χ0) is 10.4.